The normalized spacial score (nSPS) is 14.1. The van der Waals surface area contributed by atoms with E-state index in [-0.39, 0.29) is 29.0 Å². The number of imide groups is 1. The van der Waals surface area contributed by atoms with Crippen molar-refractivity contribution in [3.05, 3.63) is 63.8 Å². The van der Waals surface area contributed by atoms with Crippen molar-refractivity contribution in [3.63, 3.8) is 0 Å². The summed E-state index contributed by atoms with van der Waals surface area (Å²) in [6.45, 7) is 10.3. The third-order valence-corrected chi connectivity index (χ3v) is 5.73. The maximum atomic E-state index is 13.2. The van der Waals surface area contributed by atoms with Crippen LogP contribution in [0.4, 0.5) is 11.4 Å². The Morgan fingerprint density at radius 1 is 0.968 bits per heavy atom. The Morgan fingerprint density at radius 3 is 2.16 bits per heavy atom. The SMILES string of the molecule is CCN(CC)c1ccc(NC2=C(c3ccc(Cl)cc3Cl)C(=O)N(CC(C)C)C2=O)cc1. The van der Waals surface area contributed by atoms with Crippen LogP contribution >= 0.6 is 23.2 Å². The van der Waals surface area contributed by atoms with Crippen molar-refractivity contribution in [2.75, 3.05) is 29.9 Å². The van der Waals surface area contributed by atoms with Gasteiger partial charge in [0.1, 0.15) is 5.70 Å². The molecule has 2 aromatic carbocycles. The van der Waals surface area contributed by atoms with Gasteiger partial charge in [0, 0.05) is 41.6 Å². The molecular formula is C24H27Cl2N3O2. The highest BCUT2D eigenvalue weighted by Gasteiger charge is 2.40. The Morgan fingerprint density at radius 2 is 1.61 bits per heavy atom. The highest BCUT2D eigenvalue weighted by Crippen LogP contribution is 2.35. The molecule has 31 heavy (non-hydrogen) atoms. The number of amides is 2. The summed E-state index contributed by atoms with van der Waals surface area (Å²) in [4.78, 5) is 29.9. The molecule has 164 valence electrons. The largest absolute Gasteiger partial charge is 0.372 e. The zero-order valence-corrected chi connectivity index (χ0v) is 19.7. The van der Waals surface area contributed by atoms with Crippen LogP contribution in [0.3, 0.4) is 0 Å². The first-order chi connectivity index (χ1) is 14.8. The number of nitrogens with one attached hydrogen (secondary N) is 1. The van der Waals surface area contributed by atoms with Crippen LogP contribution in [0.1, 0.15) is 33.3 Å². The molecule has 1 heterocycles. The quantitative estimate of drug-likeness (QED) is 0.515. The van der Waals surface area contributed by atoms with E-state index in [1.165, 1.54) is 4.90 Å². The average molecular weight is 460 g/mol. The van der Waals surface area contributed by atoms with E-state index in [1.54, 1.807) is 18.2 Å². The lowest BCUT2D eigenvalue weighted by molar-refractivity contribution is -0.137. The van der Waals surface area contributed by atoms with E-state index in [9.17, 15) is 9.59 Å². The Hall–Kier alpha value is -2.50. The molecule has 0 atom stereocenters. The topological polar surface area (TPSA) is 52.7 Å². The number of nitrogens with zero attached hydrogens (tertiary/aromatic N) is 2. The van der Waals surface area contributed by atoms with E-state index < -0.39 is 0 Å². The van der Waals surface area contributed by atoms with Crippen LogP contribution in [0.2, 0.25) is 10.0 Å². The minimum Gasteiger partial charge on any atom is -0.372 e. The first-order valence-electron chi connectivity index (χ1n) is 10.4. The fourth-order valence-corrected chi connectivity index (χ4v) is 4.16. The van der Waals surface area contributed by atoms with Gasteiger partial charge in [-0.25, -0.2) is 0 Å². The van der Waals surface area contributed by atoms with E-state index >= 15 is 0 Å². The third kappa shape index (κ3) is 4.89. The summed E-state index contributed by atoms with van der Waals surface area (Å²) in [6.07, 6.45) is 0. The lowest BCUT2D eigenvalue weighted by atomic mass is 10.0. The fraction of sp³-hybridized carbons (Fsp3) is 0.333. The Bertz CT molecular complexity index is 1010. The number of anilines is 2. The van der Waals surface area contributed by atoms with Gasteiger partial charge in [-0.1, -0.05) is 43.1 Å². The van der Waals surface area contributed by atoms with Gasteiger partial charge in [0.25, 0.3) is 11.8 Å². The zero-order valence-electron chi connectivity index (χ0n) is 18.2. The summed E-state index contributed by atoms with van der Waals surface area (Å²) in [5.74, 6) is -0.569. The van der Waals surface area contributed by atoms with Gasteiger partial charge in [0.15, 0.2) is 0 Å². The van der Waals surface area contributed by atoms with E-state index in [0.717, 1.165) is 24.5 Å². The minimum absolute atomic E-state index is 0.141. The summed E-state index contributed by atoms with van der Waals surface area (Å²) < 4.78 is 0. The molecule has 3 rings (SSSR count). The zero-order chi connectivity index (χ0) is 22.7. The first-order valence-corrected chi connectivity index (χ1v) is 11.2. The number of carbonyl (C=O) groups excluding carboxylic acids is 2. The minimum atomic E-state index is -0.356. The Balaban J connectivity index is 2.02. The predicted octanol–water partition coefficient (Wildman–Crippen LogP) is 5.69. The average Bonchev–Trinajstić information content (AvgIpc) is 2.94. The van der Waals surface area contributed by atoms with Crippen LogP contribution in [0, 0.1) is 5.92 Å². The second-order valence-corrected chi connectivity index (χ2v) is 8.68. The van der Waals surface area contributed by atoms with Crippen LogP contribution in [0.25, 0.3) is 5.57 Å². The maximum absolute atomic E-state index is 13.2. The summed E-state index contributed by atoms with van der Waals surface area (Å²) in [7, 11) is 0. The van der Waals surface area contributed by atoms with Gasteiger partial charge in [-0.3, -0.25) is 14.5 Å². The van der Waals surface area contributed by atoms with Crippen LogP contribution in [-0.2, 0) is 9.59 Å². The summed E-state index contributed by atoms with van der Waals surface area (Å²) in [5, 5.41) is 3.96. The van der Waals surface area contributed by atoms with Crippen LogP contribution in [0.5, 0.6) is 0 Å². The number of hydrogen-bond acceptors (Lipinski definition) is 4. The number of benzene rings is 2. The summed E-state index contributed by atoms with van der Waals surface area (Å²) in [6, 6.07) is 12.7. The molecule has 0 saturated heterocycles. The fourth-order valence-electron chi connectivity index (χ4n) is 3.65. The first kappa shape index (κ1) is 23.2. The van der Waals surface area contributed by atoms with Crippen molar-refractivity contribution in [3.8, 4) is 0 Å². The highest BCUT2D eigenvalue weighted by atomic mass is 35.5. The molecule has 1 N–H and O–H groups in total. The van der Waals surface area contributed by atoms with Gasteiger partial charge in [-0.15, -0.1) is 0 Å². The molecule has 5 nitrogen and oxygen atoms in total. The van der Waals surface area contributed by atoms with Gasteiger partial charge in [-0.05, 0) is 56.2 Å². The smallest absolute Gasteiger partial charge is 0.278 e. The molecule has 0 unspecified atom stereocenters. The van der Waals surface area contributed by atoms with E-state index in [0.29, 0.717) is 22.2 Å². The van der Waals surface area contributed by atoms with Crippen LogP contribution in [-0.4, -0.2) is 36.3 Å². The monoisotopic (exact) mass is 459 g/mol. The van der Waals surface area contributed by atoms with Crippen molar-refractivity contribution >= 4 is 52.0 Å². The standard InChI is InChI=1S/C24H27Cl2N3O2/c1-5-28(6-2)18-10-8-17(9-11-18)27-22-21(19-12-7-16(25)13-20(19)26)23(30)29(24(22)31)14-15(3)4/h7-13,15,27H,5-6,14H2,1-4H3. The lowest BCUT2D eigenvalue weighted by Gasteiger charge is -2.21. The third-order valence-electron chi connectivity index (χ3n) is 5.18. The molecule has 7 heteroatoms. The van der Waals surface area contributed by atoms with Crippen molar-refractivity contribution in [2.24, 2.45) is 5.92 Å². The highest BCUT2D eigenvalue weighted by molar-refractivity contribution is 6.41. The molecule has 0 aromatic heterocycles. The van der Waals surface area contributed by atoms with Crippen molar-refractivity contribution < 1.29 is 9.59 Å². The molecule has 2 aromatic rings. The van der Waals surface area contributed by atoms with Crippen LogP contribution in [0.15, 0.2) is 48.2 Å². The van der Waals surface area contributed by atoms with E-state index in [2.05, 4.69) is 24.1 Å². The summed E-state index contributed by atoms with van der Waals surface area (Å²) in [5.41, 5.74) is 2.80. The van der Waals surface area contributed by atoms with Gasteiger partial charge < -0.3 is 10.2 Å². The van der Waals surface area contributed by atoms with Crippen molar-refractivity contribution in [1.82, 2.24) is 4.90 Å². The van der Waals surface area contributed by atoms with Gasteiger partial charge in [0.2, 0.25) is 0 Å². The van der Waals surface area contributed by atoms with E-state index in [4.69, 9.17) is 23.2 Å². The molecule has 1 aliphatic heterocycles. The maximum Gasteiger partial charge on any atom is 0.278 e. The molecule has 0 fully saturated rings. The number of carbonyl (C=O) groups is 2. The molecule has 0 radical (unpaired) electrons. The Labute approximate surface area is 193 Å². The molecule has 0 bridgehead atoms. The van der Waals surface area contributed by atoms with E-state index in [1.807, 2.05) is 38.1 Å². The van der Waals surface area contributed by atoms with Crippen molar-refractivity contribution in [2.45, 2.75) is 27.7 Å². The second-order valence-electron chi connectivity index (χ2n) is 7.83. The van der Waals surface area contributed by atoms with Gasteiger partial charge >= 0.3 is 0 Å². The molecule has 0 aliphatic carbocycles. The van der Waals surface area contributed by atoms with Crippen LogP contribution < -0.4 is 10.2 Å². The molecular weight excluding hydrogens is 433 g/mol. The molecule has 0 spiro atoms. The number of halogens is 2. The second kappa shape index (κ2) is 9.75. The van der Waals surface area contributed by atoms with Gasteiger partial charge in [-0.2, -0.15) is 0 Å². The number of hydrogen-bond donors (Lipinski definition) is 1. The summed E-state index contributed by atoms with van der Waals surface area (Å²) >= 11 is 12.4. The molecule has 0 saturated carbocycles. The Kier molecular flexibility index (Phi) is 7.29. The lowest BCUT2D eigenvalue weighted by Crippen LogP contribution is -2.35. The molecule has 1 aliphatic rings. The van der Waals surface area contributed by atoms with Crippen molar-refractivity contribution in [1.29, 1.82) is 0 Å². The molecule has 2 amide bonds. The predicted molar refractivity (Wildman–Crippen MR) is 129 cm³/mol. The number of rotatable bonds is 8. The van der Waals surface area contributed by atoms with Gasteiger partial charge in [0.05, 0.1) is 10.6 Å².